The molecule has 0 radical (unpaired) electrons. The number of anilines is 1. The first-order valence-electron chi connectivity index (χ1n) is 13.8. The Balaban J connectivity index is 1.29. The largest absolute Gasteiger partial charge is 0.508 e. The van der Waals surface area contributed by atoms with Crippen molar-refractivity contribution in [1.29, 1.82) is 0 Å². The van der Waals surface area contributed by atoms with Crippen LogP contribution in [0.1, 0.15) is 36.1 Å². The topological polar surface area (TPSA) is 60.8 Å². The van der Waals surface area contributed by atoms with Gasteiger partial charge in [-0.1, -0.05) is 97.1 Å². The van der Waals surface area contributed by atoms with E-state index in [-0.39, 0.29) is 17.5 Å². The number of nitrogens with zero attached hydrogens (tertiary/aromatic N) is 1. The first-order valence-corrected chi connectivity index (χ1v) is 13.8. The fraction of sp³-hybridized carbons (Fsp3) is 0.139. The third kappa shape index (κ3) is 5.37. The molecule has 0 aromatic heterocycles. The van der Waals surface area contributed by atoms with Crippen molar-refractivity contribution < 1.29 is 19.4 Å². The molecule has 2 N–H and O–H groups in total. The maximum atomic E-state index is 13.6. The maximum absolute atomic E-state index is 13.6. The molecule has 1 heterocycles. The number of halogens is 1. The molecule has 204 valence electrons. The van der Waals surface area contributed by atoms with Gasteiger partial charge in [0.05, 0.1) is 18.1 Å². The van der Waals surface area contributed by atoms with Gasteiger partial charge in [0, 0.05) is 11.3 Å². The molecule has 1 saturated heterocycles. The predicted molar refractivity (Wildman–Crippen MR) is 160 cm³/mol. The van der Waals surface area contributed by atoms with Gasteiger partial charge >= 0.3 is 0 Å². The van der Waals surface area contributed by atoms with Gasteiger partial charge in [0.25, 0.3) is 0 Å². The van der Waals surface area contributed by atoms with Crippen LogP contribution >= 0.6 is 0 Å². The van der Waals surface area contributed by atoms with Crippen molar-refractivity contribution in [3.63, 3.8) is 0 Å². The van der Waals surface area contributed by atoms with Gasteiger partial charge in [-0.25, -0.2) is 4.39 Å². The molecule has 1 fully saturated rings. The Hall–Kier alpha value is -4.74. The number of hydrogen-bond acceptors (Lipinski definition) is 3. The van der Waals surface area contributed by atoms with Gasteiger partial charge in [-0.05, 0) is 71.0 Å². The number of rotatable bonds is 8. The normalized spacial score (nSPS) is 17.2. The summed E-state index contributed by atoms with van der Waals surface area (Å²) in [7, 11) is 0. The number of phenolic OH excluding ortho intramolecular Hbond substituents is 1. The molecule has 3 atom stereocenters. The summed E-state index contributed by atoms with van der Waals surface area (Å²) < 4.78 is 13.4. The summed E-state index contributed by atoms with van der Waals surface area (Å²) in [4.78, 5) is 15.3. The molecular formula is C36H30FNO3. The van der Waals surface area contributed by atoms with Crippen LogP contribution in [0.2, 0.25) is 0 Å². The number of carbonyl (C=O) groups excluding carboxylic acids is 1. The lowest BCUT2D eigenvalue weighted by atomic mass is 9.77. The fourth-order valence-electron chi connectivity index (χ4n) is 5.71. The van der Waals surface area contributed by atoms with Crippen LogP contribution in [0.3, 0.4) is 0 Å². The van der Waals surface area contributed by atoms with Crippen LogP contribution in [-0.2, 0) is 4.79 Å². The van der Waals surface area contributed by atoms with Crippen molar-refractivity contribution in [2.45, 2.75) is 25.0 Å². The van der Waals surface area contributed by atoms with Crippen molar-refractivity contribution >= 4 is 11.6 Å². The molecule has 1 aliphatic heterocycles. The summed E-state index contributed by atoms with van der Waals surface area (Å²) in [6, 6.07) is 38.7. The van der Waals surface area contributed by atoms with E-state index < -0.39 is 18.1 Å². The molecule has 0 bridgehead atoms. The number of aliphatic hydroxyl groups is 1. The Morgan fingerprint density at radius 3 is 1.88 bits per heavy atom. The highest BCUT2D eigenvalue weighted by molar-refractivity contribution is 6.03. The minimum atomic E-state index is -0.822. The van der Waals surface area contributed by atoms with Gasteiger partial charge in [-0.15, -0.1) is 0 Å². The summed E-state index contributed by atoms with van der Waals surface area (Å²) in [6.45, 7) is 0. The highest BCUT2D eigenvalue weighted by Gasteiger charge is 2.49. The summed E-state index contributed by atoms with van der Waals surface area (Å²) in [6.07, 6.45) is -0.0693. The lowest BCUT2D eigenvalue weighted by Gasteiger charge is -2.48. The van der Waals surface area contributed by atoms with Gasteiger partial charge in [-0.2, -0.15) is 0 Å². The van der Waals surface area contributed by atoms with E-state index in [1.54, 1.807) is 23.1 Å². The fourth-order valence-corrected chi connectivity index (χ4v) is 5.71. The zero-order chi connectivity index (χ0) is 28.3. The second-order valence-corrected chi connectivity index (χ2v) is 10.5. The molecule has 1 amide bonds. The van der Waals surface area contributed by atoms with Crippen molar-refractivity contribution in [3.8, 4) is 28.0 Å². The Morgan fingerprint density at radius 1 is 0.707 bits per heavy atom. The summed E-state index contributed by atoms with van der Waals surface area (Å²) in [5, 5.41) is 22.0. The standard InChI is InChI=1S/C36H30FNO3/c37-29-16-11-27(12-17-29)33(39)22-21-32-35(31-20-15-28(23-34(31)40)25-9-5-2-6-10-25)38(36(32)41)30-18-13-26(14-19-30)24-7-3-1-4-8-24/h1-20,23,32-33,35,39-40H,21-22H2/t32-,33+,35-/m1/s1. The lowest BCUT2D eigenvalue weighted by molar-refractivity contribution is -0.131. The van der Waals surface area contributed by atoms with E-state index in [0.717, 1.165) is 27.9 Å². The predicted octanol–water partition coefficient (Wildman–Crippen LogP) is 8.08. The monoisotopic (exact) mass is 543 g/mol. The minimum Gasteiger partial charge on any atom is -0.508 e. The number of phenols is 1. The molecular weight excluding hydrogens is 513 g/mol. The smallest absolute Gasteiger partial charge is 0.233 e. The van der Waals surface area contributed by atoms with Crippen LogP contribution in [-0.4, -0.2) is 16.1 Å². The minimum absolute atomic E-state index is 0.0553. The van der Waals surface area contributed by atoms with Crippen LogP contribution < -0.4 is 4.90 Å². The first kappa shape index (κ1) is 26.5. The van der Waals surface area contributed by atoms with E-state index >= 15 is 0 Å². The molecule has 5 aromatic carbocycles. The molecule has 0 saturated carbocycles. The van der Waals surface area contributed by atoms with Crippen molar-refractivity contribution in [3.05, 3.63) is 144 Å². The first-order chi connectivity index (χ1) is 20.0. The number of hydrogen-bond donors (Lipinski definition) is 2. The third-order valence-electron chi connectivity index (χ3n) is 7.93. The molecule has 5 heteroatoms. The van der Waals surface area contributed by atoms with Crippen LogP contribution in [0, 0.1) is 11.7 Å². The van der Waals surface area contributed by atoms with Crippen LogP contribution in [0.15, 0.2) is 127 Å². The summed E-state index contributed by atoms with van der Waals surface area (Å²) >= 11 is 0. The van der Waals surface area contributed by atoms with Gasteiger partial charge < -0.3 is 15.1 Å². The summed E-state index contributed by atoms with van der Waals surface area (Å²) in [5.74, 6) is -0.718. The van der Waals surface area contributed by atoms with Crippen LogP contribution in [0.5, 0.6) is 5.75 Å². The molecule has 0 aliphatic carbocycles. The number of β-lactam (4-membered cyclic amide) rings is 1. The van der Waals surface area contributed by atoms with Crippen LogP contribution in [0.25, 0.3) is 22.3 Å². The van der Waals surface area contributed by atoms with Crippen molar-refractivity contribution in [2.24, 2.45) is 5.92 Å². The van der Waals surface area contributed by atoms with Gasteiger partial charge in [0.2, 0.25) is 5.91 Å². The Morgan fingerprint density at radius 2 is 1.27 bits per heavy atom. The highest BCUT2D eigenvalue weighted by atomic mass is 19.1. The van der Waals surface area contributed by atoms with Gasteiger partial charge in [0.15, 0.2) is 0 Å². The molecule has 1 aliphatic rings. The van der Waals surface area contributed by atoms with Crippen molar-refractivity contribution in [1.82, 2.24) is 0 Å². The van der Waals surface area contributed by atoms with E-state index in [9.17, 15) is 19.4 Å². The van der Waals surface area contributed by atoms with E-state index in [4.69, 9.17) is 0 Å². The summed E-state index contributed by atoms with van der Waals surface area (Å²) in [5.41, 5.74) is 6.04. The zero-order valence-electron chi connectivity index (χ0n) is 22.4. The zero-order valence-corrected chi connectivity index (χ0v) is 22.4. The molecule has 0 unspecified atom stereocenters. The SMILES string of the molecule is O=C1[C@H](CC[C@H](O)c2ccc(F)cc2)[C@@H](c2ccc(-c3ccccc3)cc2O)N1c1ccc(-c2ccccc2)cc1. The lowest BCUT2D eigenvalue weighted by Crippen LogP contribution is -2.55. The second-order valence-electron chi connectivity index (χ2n) is 10.5. The number of aromatic hydroxyl groups is 1. The van der Waals surface area contributed by atoms with Gasteiger partial charge in [0.1, 0.15) is 11.6 Å². The molecule has 6 rings (SSSR count). The van der Waals surface area contributed by atoms with E-state index in [1.165, 1.54) is 12.1 Å². The number of aliphatic hydroxyl groups excluding tert-OH is 1. The molecule has 0 spiro atoms. The molecule has 5 aromatic rings. The average Bonchev–Trinajstić information content (AvgIpc) is 3.01. The number of amides is 1. The quantitative estimate of drug-likeness (QED) is 0.195. The van der Waals surface area contributed by atoms with Crippen LogP contribution in [0.4, 0.5) is 10.1 Å². The molecule has 41 heavy (non-hydrogen) atoms. The molecule has 4 nitrogen and oxygen atoms in total. The van der Waals surface area contributed by atoms with E-state index in [1.807, 2.05) is 97.1 Å². The van der Waals surface area contributed by atoms with Crippen molar-refractivity contribution in [2.75, 3.05) is 4.90 Å². The second kappa shape index (κ2) is 11.4. The Labute approximate surface area is 239 Å². The Kier molecular flexibility index (Phi) is 7.36. The average molecular weight is 544 g/mol. The third-order valence-corrected chi connectivity index (χ3v) is 7.93. The van der Waals surface area contributed by atoms with E-state index in [0.29, 0.717) is 24.0 Å². The number of benzene rings is 5. The van der Waals surface area contributed by atoms with Gasteiger partial charge in [-0.3, -0.25) is 4.79 Å². The van der Waals surface area contributed by atoms with E-state index in [2.05, 4.69) is 0 Å². The Bertz CT molecular complexity index is 1640. The number of carbonyl (C=O) groups is 1. The highest BCUT2D eigenvalue weighted by Crippen LogP contribution is 2.49. The maximum Gasteiger partial charge on any atom is 0.233 e.